The molecule has 0 radical (unpaired) electrons. The van der Waals surface area contributed by atoms with Gasteiger partial charge in [0, 0.05) is 6.54 Å². The van der Waals surface area contributed by atoms with Crippen LogP contribution in [0.25, 0.3) is 0 Å². The molecule has 1 aromatic heterocycles. The van der Waals surface area contributed by atoms with E-state index in [4.69, 9.17) is 5.26 Å². The summed E-state index contributed by atoms with van der Waals surface area (Å²) in [5.41, 5.74) is 1.83. The number of nitrogens with one attached hydrogen (secondary N) is 1. The lowest BCUT2D eigenvalue weighted by molar-refractivity contribution is 0.390. The van der Waals surface area contributed by atoms with Crippen molar-refractivity contribution in [1.82, 2.24) is 4.37 Å². The third kappa shape index (κ3) is 3.52. The standard InChI is InChI=1S/C11H17N3S/c1-8-9(7-12)10(15-14-8)13-6-5-11(2,3)4/h13H,5-6H2,1-4H3. The van der Waals surface area contributed by atoms with Gasteiger partial charge in [0.15, 0.2) is 0 Å². The maximum atomic E-state index is 8.92. The molecule has 3 nitrogen and oxygen atoms in total. The Morgan fingerprint density at radius 3 is 2.67 bits per heavy atom. The zero-order valence-corrected chi connectivity index (χ0v) is 10.5. The minimum absolute atomic E-state index is 0.319. The summed E-state index contributed by atoms with van der Waals surface area (Å²) in [5.74, 6) is 0. The molecule has 0 aromatic carbocycles. The van der Waals surface area contributed by atoms with Gasteiger partial charge in [-0.3, -0.25) is 0 Å². The first-order valence-corrected chi connectivity index (χ1v) is 5.81. The van der Waals surface area contributed by atoms with Crippen LogP contribution in [0.2, 0.25) is 0 Å². The number of rotatable bonds is 3. The summed E-state index contributed by atoms with van der Waals surface area (Å²) < 4.78 is 4.16. The Morgan fingerprint density at radius 1 is 1.47 bits per heavy atom. The van der Waals surface area contributed by atoms with Crippen LogP contribution in [0.4, 0.5) is 5.00 Å². The van der Waals surface area contributed by atoms with Gasteiger partial charge < -0.3 is 5.32 Å². The molecular formula is C11H17N3S. The summed E-state index contributed by atoms with van der Waals surface area (Å²) in [4.78, 5) is 0. The normalized spacial score (nSPS) is 11.1. The molecule has 0 aliphatic carbocycles. The van der Waals surface area contributed by atoms with Gasteiger partial charge in [0.1, 0.15) is 16.6 Å². The fourth-order valence-electron chi connectivity index (χ4n) is 1.17. The van der Waals surface area contributed by atoms with Crippen molar-refractivity contribution in [2.45, 2.75) is 34.1 Å². The van der Waals surface area contributed by atoms with Gasteiger partial charge in [-0.1, -0.05) is 20.8 Å². The first-order valence-electron chi connectivity index (χ1n) is 5.04. The van der Waals surface area contributed by atoms with Gasteiger partial charge in [-0.15, -0.1) is 0 Å². The molecule has 1 rings (SSSR count). The van der Waals surface area contributed by atoms with E-state index in [1.165, 1.54) is 11.5 Å². The van der Waals surface area contributed by atoms with E-state index in [9.17, 15) is 0 Å². The molecule has 0 saturated carbocycles. The monoisotopic (exact) mass is 223 g/mol. The largest absolute Gasteiger partial charge is 0.375 e. The highest BCUT2D eigenvalue weighted by molar-refractivity contribution is 7.10. The third-order valence-electron chi connectivity index (χ3n) is 2.14. The number of hydrogen-bond donors (Lipinski definition) is 1. The molecule has 0 spiro atoms. The fraction of sp³-hybridized carbons (Fsp3) is 0.636. The minimum atomic E-state index is 0.319. The molecular weight excluding hydrogens is 206 g/mol. The molecule has 0 atom stereocenters. The number of anilines is 1. The number of aromatic nitrogens is 1. The summed E-state index contributed by atoms with van der Waals surface area (Å²) in [6.45, 7) is 9.37. The van der Waals surface area contributed by atoms with Gasteiger partial charge in [-0.25, -0.2) is 0 Å². The van der Waals surface area contributed by atoms with E-state index in [1.807, 2.05) is 6.92 Å². The van der Waals surface area contributed by atoms with Gasteiger partial charge in [0.2, 0.25) is 0 Å². The van der Waals surface area contributed by atoms with Crippen molar-refractivity contribution in [3.8, 4) is 6.07 Å². The zero-order valence-electron chi connectivity index (χ0n) is 9.72. The van der Waals surface area contributed by atoms with Gasteiger partial charge in [0.25, 0.3) is 0 Å². The van der Waals surface area contributed by atoms with E-state index in [1.54, 1.807) is 0 Å². The molecule has 0 aliphatic rings. The Bertz CT molecular complexity index is 368. The van der Waals surface area contributed by atoms with E-state index in [-0.39, 0.29) is 0 Å². The van der Waals surface area contributed by atoms with Gasteiger partial charge >= 0.3 is 0 Å². The molecule has 0 unspecified atom stereocenters. The maximum Gasteiger partial charge on any atom is 0.127 e. The van der Waals surface area contributed by atoms with E-state index in [0.29, 0.717) is 11.0 Å². The lowest BCUT2D eigenvalue weighted by Gasteiger charge is -2.17. The van der Waals surface area contributed by atoms with Crippen LogP contribution in [0.5, 0.6) is 0 Å². The number of nitrogens with zero attached hydrogens (tertiary/aromatic N) is 2. The van der Waals surface area contributed by atoms with Crippen LogP contribution in [-0.4, -0.2) is 10.9 Å². The topological polar surface area (TPSA) is 48.7 Å². The Morgan fingerprint density at radius 2 is 2.13 bits per heavy atom. The summed E-state index contributed by atoms with van der Waals surface area (Å²) >= 11 is 1.37. The van der Waals surface area contributed by atoms with E-state index < -0.39 is 0 Å². The minimum Gasteiger partial charge on any atom is -0.375 e. The van der Waals surface area contributed by atoms with Crippen molar-refractivity contribution in [2.24, 2.45) is 5.41 Å². The van der Waals surface area contributed by atoms with Crippen LogP contribution < -0.4 is 5.32 Å². The van der Waals surface area contributed by atoms with Crippen LogP contribution in [-0.2, 0) is 0 Å². The second-order valence-corrected chi connectivity index (χ2v) is 5.59. The SMILES string of the molecule is Cc1nsc(NCCC(C)(C)C)c1C#N. The highest BCUT2D eigenvalue weighted by Gasteiger charge is 2.12. The Kier molecular flexibility index (Phi) is 3.70. The third-order valence-corrected chi connectivity index (χ3v) is 3.03. The highest BCUT2D eigenvalue weighted by atomic mass is 32.1. The second kappa shape index (κ2) is 4.63. The Balaban J connectivity index is 2.56. The molecule has 0 saturated heterocycles. The lowest BCUT2D eigenvalue weighted by atomic mass is 9.92. The summed E-state index contributed by atoms with van der Waals surface area (Å²) in [5, 5.41) is 13.1. The van der Waals surface area contributed by atoms with Crippen LogP contribution in [0.15, 0.2) is 0 Å². The molecule has 0 fully saturated rings. The van der Waals surface area contributed by atoms with Crippen molar-refractivity contribution in [3.63, 3.8) is 0 Å². The fourth-order valence-corrected chi connectivity index (χ4v) is 1.94. The molecule has 1 N–H and O–H groups in total. The highest BCUT2D eigenvalue weighted by Crippen LogP contribution is 2.24. The lowest BCUT2D eigenvalue weighted by Crippen LogP contribution is -2.12. The molecule has 4 heteroatoms. The van der Waals surface area contributed by atoms with Crippen molar-refractivity contribution in [1.29, 1.82) is 5.26 Å². The van der Waals surface area contributed by atoms with Gasteiger partial charge in [-0.05, 0) is 30.3 Å². The smallest absolute Gasteiger partial charge is 0.127 e. The van der Waals surface area contributed by atoms with Crippen molar-refractivity contribution >= 4 is 16.5 Å². The van der Waals surface area contributed by atoms with Crippen LogP contribution in [0.1, 0.15) is 38.4 Å². The number of hydrogen-bond acceptors (Lipinski definition) is 4. The van der Waals surface area contributed by atoms with Gasteiger partial charge in [-0.2, -0.15) is 9.64 Å². The average molecular weight is 223 g/mol. The molecule has 15 heavy (non-hydrogen) atoms. The van der Waals surface area contributed by atoms with E-state index in [0.717, 1.165) is 23.7 Å². The number of aryl methyl sites for hydroxylation is 1. The predicted molar refractivity (Wildman–Crippen MR) is 64.1 cm³/mol. The molecule has 0 amide bonds. The van der Waals surface area contributed by atoms with Crippen molar-refractivity contribution in [2.75, 3.05) is 11.9 Å². The molecule has 1 aromatic rings. The molecule has 1 heterocycles. The van der Waals surface area contributed by atoms with Crippen LogP contribution >= 0.6 is 11.5 Å². The summed E-state index contributed by atoms with van der Waals surface area (Å²) in [6, 6.07) is 2.18. The first kappa shape index (κ1) is 12.0. The van der Waals surface area contributed by atoms with Crippen molar-refractivity contribution < 1.29 is 0 Å². The first-order chi connectivity index (χ1) is 6.94. The van der Waals surface area contributed by atoms with Gasteiger partial charge in [0.05, 0.1) is 5.69 Å². The summed E-state index contributed by atoms with van der Waals surface area (Å²) in [7, 11) is 0. The quantitative estimate of drug-likeness (QED) is 0.856. The van der Waals surface area contributed by atoms with Crippen LogP contribution in [0, 0.1) is 23.7 Å². The average Bonchev–Trinajstić information content (AvgIpc) is 2.44. The maximum absolute atomic E-state index is 8.92. The van der Waals surface area contributed by atoms with E-state index in [2.05, 4.69) is 36.5 Å². The molecule has 82 valence electrons. The Hall–Kier alpha value is -1.08. The predicted octanol–water partition coefficient (Wildman–Crippen LogP) is 3.17. The molecule has 0 bridgehead atoms. The molecule has 0 aliphatic heterocycles. The van der Waals surface area contributed by atoms with Crippen LogP contribution in [0.3, 0.4) is 0 Å². The van der Waals surface area contributed by atoms with Crippen molar-refractivity contribution in [3.05, 3.63) is 11.3 Å². The zero-order chi connectivity index (χ0) is 11.5. The number of nitriles is 1. The van der Waals surface area contributed by atoms with E-state index >= 15 is 0 Å². The Labute approximate surface area is 95.3 Å². The second-order valence-electron chi connectivity index (χ2n) is 4.82. The summed E-state index contributed by atoms with van der Waals surface area (Å²) in [6.07, 6.45) is 1.08.